The van der Waals surface area contributed by atoms with Crippen molar-refractivity contribution in [2.75, 3.05) is 42.5 Å². The van der Waals surface area contributed by atoms with Crippen molar-refractivity contribution in [2.24, 2.45) is 0 Å². The van der Waals surface area contributed by atoms with Crippen LogP contribution in [0.2, 0.25) is 0 Å². The molecule has 0 amide bonds. The molecule has 3 heteroatoms. The van der Waals surface area contributed by atoms with Gasteiger partial charge in [0.2, 0.25) is 0 Å². The molecule has 1 N–H and O–H groups in total. The summed E-state index contributed by atoms with van der Waals surface area (Å²) in [6.07, 6.45) is 2.48. The van der Waals surface area contributed by atoms with Gasteiger partial charge in [-0.05, 0) is 51.0 Å². The molecule has 1 saturated heterocycles. The monoisotopic (exact) mass is 275 g/mol. The highest BCUT2D eigenvalue weighted by Gasteiger charge is 2.15. The Bertz CT molecular complexity index is 384. The molecule has 3 nitrogen and oxygen atoms in total. The fourth-order valence-corrected chi connectivity index (χ4v) is 3.00. The molecule has 1 aromatic carbocycles. The first kappa shape index (κ1) is 15.2. The van der Waals surface area contributed by atoms with Gasteiger partial charge in [0, 0.05) is 50.1 Å². The lowest BCUT2D eigenvalue weighted by Gasteiger charge is -2.25. The van der Waals surface area contributed by atoms with Gasteiger partial charge in [-0.3, -0.25) is 0 Å². The van der Waals surface area contributed by atoms with E-state index >= 15 is 0 Å². The van der Waals surface area contributed by atoms with Crippen molar-refractivity contribution in [3.63, 3.8) is 0 Å². The Labute approximate surface area is 124 Å². The maximum atomic E-state index is 3.63. The second-order valence-electron chi connectivity index (χ2n) is 5.52. The van der Waals surface area contributed by atoms with Crippen molar-refractivity contribution in [3.05, 3.63) is 24.3 Å². The minimum Gasteiger partial charge on any atom is -0.372 e. The van der Waals surface area contributed by atoms with Crippen LogP contribution in [0.5, 0.6) is 0 Å². The van der Waals surface area contributed by atoms with Crippen LogP contribution in [0.25, 0.3) is 0 Å². The van der Waals surface area contributed by atoms with E-state index in [1.54, 1.807) is 0 Å². The molecule has 0 aromatic heterocycles. The predicted molar refractivity (Wildman–Crippen MR) is 88.9 cm³/mol. The van der Waals surface area contributed by atoms with Gasteiger partial charge in [0.05, 0.1) is 0 Å². The van der Waals surface area contributed by atoms with Crippen LogP contribution in [0.3, 0.4) is 0 Å². The number of benzene rings is 1. The molecule has 2 rings (SSSR count). The van der Waals surface area contributed by atoms with Crippen molar-refractivity contribution in [1.29, 1.82) is 0 Å². The maximum Gasteiger partial charge on any atom is 0.0368 e. The van der Waals surface area contributed by atoms with E-state index in [9.17, 15) is 0 Å². The van der Waals surface area contributed by atoms with Gasteiger partial charge in [-0.25, -0.2) is 0 Å². The van der Waals surface area contributed by atoms with E-state index < -0.39 is 0 Å². The van der Waals surface area contributed by atoms with Crippen LogP contribution in [0, 0.1) is 0 Å². The molecular formula is C17H29N3. The van der Waals surface area contributed by atoms with E-state index in [0.29, 0.717) is 6.04 Å². The molecule has 1 unspecified atom stereocenters. The van der Waals surface area contributed by atoms with Crippen molar-refractivity contribution in [2.45, 2.75) is 39.7 Å². The van der Waals surface area contributed by atoms with Crippen molar-refractivity contribution in [3.8, 4) is 0 Å². The summed E-state index contributed by atoms with van der Waals surface area (Å²) in [4.78, 5) is 4.90. The minimum atomic E-state index is 0.690. The molecule has 0 saturated carbocycles. The van der Waals surface area contributed by atoms with Gasteiger partial charge >= 0.3 is 0 Å². The van der Waals surface area contributed by atoms with Gasteiger partial charge in [-0.1, -0.05) is 6.92 Å². The van der Waals surface area contributed by atoms with Crippen LogP contribution in [0.1, 0.15) is 33.6 Å². The summed E-state index contributed by atoms with van der Waals surface area (Å²) < 4.78 is 0. The second kappa shape index (κ2) is 7.53. The summed E-state index contributed by atoms with van der Waals surface area (Å²) in [7, 11) is 0. The highest BCUT2D eigenvalue weighted by molar-refractivity contribution is 5.56. The average Bonchev–Trinajstić information content (AvgIpc) is 2.74. The molecule has 1 fully saturated rings. The third-order valence-corrected chi connectivity index (χ3v) is 4.40. The zero-order valence-corrected chi connectivity index (χ0v) is 13.2. The van der Waals surface area contributed by atoms with E-state index in [4.69, 9.17) is 0 Å². The fourth-order valence-electron chi connectivity index (χ4n) is 3.00. The zero-order chi connectivity index (χ0) is 14.4. The Morgan fingerprint density at radius 3 is 2.40 bits per heavy atom. The Balaban J connectivity index is 2.02. The number of nitrogens with zero attached hydrogens (tertiary/aromatic N) is 2. The third-order valence-electron chi connectivity index (χ3n) is 4.40. The first-order valence-corrected chi connectivity index (χ1v) is 8.11. The lowest BCUT2D eigenvalue weighted by Crippen LogP contribution is -2.30. The molecule has 1 heterocycles. The highest BCUT2D eigenvalue weighted by atomic mass is 15.2. The van der Waals surface area contributed by atoms with Crippen LogP contribution >= 0.6 is 0 Å². The Hall–Kier alpha value is -1.22. The van der Waals surface area contributed by atoms with Crippen molar-refractivity contribution < 1.29 is 0 Å². The van der Waals surface area contributed by atoms with Crippen LogP contribution in [-0.4, -0.2) is 38.8 Å². The Kier molecular flexibility index (Phi) is 5.72. The smallest absolute Gasteiger partial charge is 0.0368 e. The number of anilines is 2. The SMILES string of the molecule is CCC1CCN(c2ccc(N(CC)CC)cc2)CCN1. The number of hydrogen-bond donors (Lipinski definition) is 1. The highest BCUT2D eigenvalue weighted by Crippen LogP contribution is 2.22. The molecule has 1 aliphatic heterocycles. The van der Waals surface area contributed by atoms with Crippen molar-refractivity contribution in [1.82, 2.24) is 5.32 Å². The molecule has 0 radical (unpaired) electrons. The molecule has 1 atom stereocenters. The van der Waals surface area contributed by atoms with E-state index in [1.807, 2.05) is 0 Å². The molecule has 0 bridgehead atoms. The molecule has 0 spiro atoms. The molecule has 0 aliphatic carbocycles. The molecule has 112 valence electrons. The van der Waals surface area contributed by atoms with Crippen LogP contribution in [-0.2, 0) is 0 Å². The predicted octanol–water partition coefficient (Wildman–Crippen LogP) is 3.11. The standard InChI is InChI=1S/C17H29N3/c1-4-15-11-13-20(14-12-18-15)17-9-7-16(8-10-17)19(5-2)6-3/h7-10,15,18H,4-6,11-14H2,1-3H3. The molecular weight excluding hydrogens is 246 g/mol. The van der Waals surface area contributed by atoms with Gasteiger partial charge < -0.3 is 15.1 Å². The van der Waals surface area contributed by atoms with Gasteiger partial charge in [0.25, 0.3) is 0 Å². The van der Waals surface area contributed by atoms with Gasteiger partial charge in [0.15, 0.2) is 0 Å². The number of rotatable bonds is 5. The van der Waals surface area contributed by atoms with E-state index in [2.05, 4.69) is 60.2 Å². The summed E-state index contributed by atoms with van der Waals surface area (Å²) in [5, 5.41) is 3.63. The maximum absolute atomic E-state index is 3.63. The third kappa shape index (κ3) is 3.66. The molecule has 1 aliphatic rings. The van der Waals surface area contributed by atoms with Crippen LogP contribution in [0.15, 0.2) is 24.3 Å². The minimum absolute atomic E-state index is 0.690. The summed E-state index contributed by atoms with van der Waals surface area (Å²) in [6, 6.07) is 9.77. The number of nitrogens with one attached hydrogen (secondary N) is 1. The average molecular weight is 275 g/mol. The Morgan fingerprint density at radius 1 is 1.10 bits per heavy atom. The lowest BCUT2D eigenvalue weighted by atomic mass is 10.1. The van der Waals surface area contributed by atoms with Gasteiger partial charge in [-0.2, -0.15) is 0 Å². The first-order chi connectivity index (χ1) is 9.78. The normalized spacial score (nSPS) is 19.8. The molecule has 20 heavy (non-hydrogen) atoms. The summed E-state index contributed by atoms with van der Waals surface area (Å²) in [5.74, 6) is 0. The van der Waals surface area contributed by atoms with E-state index in [1.165, 1.54) is 24.2 Å². The first-order valence-electron chi connectivity index (χ1n) is 8.11. The van der Waals surface area contributed by atoms with Crippen molar-refractivity contribution >= 4 is 11.4 Å². The fraction of sp³-hybridized carbons (Fsp3) is 0.647. The van der Waals surface area contributed by atoms with Gasteiger partial charge in [-0.15, -0.1) is 0 Å². The quantitative estimate of drug-likeness (QED) is 0.891. The van der Waals surface area contributed by atoms with Crippen LogP contribution in [0.4, 0.5) is 11.4 Å². The van der Waals surface area contributed by atoms with Crippen LogP contribution < -0.4 is 15.1 Å². The lowest BCUT2D eigenvalue weighted by molar-refractivity contribution is 0.510. The summed E-state index contributed by atoms with van der Waals surface area (Å²) in [5.41, 5.74) is 2.69. The Morgan fingerprint density at radius 2 is 1.80 bits per heavy atom. The van der Waals surface area contributed by atoms with E-state index in [0.717, 1.165) is 32.7 Å². The summed E-state index contributed by atoms with van der Waals surface area (Å²) >= 11 is 0. The topological polar surface area (TPSA) is 18.5 Å². The van der Waals surface area contributed by atoms with Gasteiger partial charge in [0.1, 0.15) is 0 Å². The molecule has 1 aromatic rings. The zero-order valence-electron chi connectivity index (χ0n) is 13.2. The van der Waals surface area contributed by atoms with E-state index in [-0.39, 0.29) is 0 Å². The largest absolute Gasteiger partial charge is 0.372 e. The summed E-state index contributed by atoms with van der Waals surface area (Å²) in [6.45, 7) is 12.2. The second-order valence-corrected chi connectivity index (χ2v) is 5.52. The number of hydrogen-bond acceptors (Lipinski definition) is 3.